The molecule has 1 amide bonds. The van der Waals surface area contributed by atoms with Crippen LogP contribution >= 0.6 is 0 Å². The minimum Gasteiger partial charge on any atom is -0.491 e. The van der Waals surface area contributed by atoms with Gasteiger partial charge in [-0.25, -0.2) is 4.79 Å². The molecule has 0 atom stereocenters. The van der Waals surface area contributed by atoms with Gasteiger partial charge in [0.05, 0.1) is 18.2 Å². The average Bonchev–Trinajstić information content (AvgIpc) is 2.94. The van der Waals surface area contributed by atoms with E-state index in [9.17, 15) is 9.59 Å². The summed E-state index contributed by atoms with van der Waals surface area (Å²) in [5.41, 5.74) is 7.05. The maximum absolute atomic E-state index is 13.7. The van der Waals surface area contributed by atoms with Gasteiger partial charge in [0.2, 0.25) is 0 Å². The molecule has 0 N–H and O–H groups in total. The lowest BCUT2D eigenvalue weighted by Gasteiger charge is -2.35. The van der Waals surface area contributed by atoms with Gasteiger partial charge in [0.15, 0.2) is 0 Å². The fourth-order valence-electron chi connectivity index (χ4n) is 6.23. The van der Waals surface area contributed by atoms with Crippen LogP contribution in [0.15, 0.2) is 27.4 Å². The molecule has 3 aromatic rings. The lowest BCUT2D eigenvalue weighted by atomic mass is 9.89. The summed E-state index contributed by atoms with van der Waals surface area (Å²) in [6, 6.07) is 5.76. The molecule has 3 heterocycles. The van der Waals surface area contributed by atoms with Crippen molar-refractivity contribution in [2.75, 3.05) is 58.9 Å². The fraction of sp³-hybridized carbons (Fsp3) is 0.515. The van der Waals surface area contributed by atoms with Gasteiger partial charge in [-0.15, -0.1) is 0 Å². The molecule has 1 saturated heterocycles. The minimum atomic E-state index is -0.351. The third kappa shape index (κ3) is 5.69. The van der Waals surface area contributed by atoms with Gasteiger partial charge in [-0.2, -0.15) is 0 Å². The van der Waals surface area contributed by atoms with E-state index in [0.717, 1.165) is 78.8 Å². The Morgan fingerprint density at radius 1 is 1.00 bits per heavy atom. The number of carbonyl (C=O) groups excluding carboxylic acids is 1. The molecule has 0 bridgehead atoms. The van der Waals surface area contributed by atoms with Crippen LogP contribution in [-0.2, 0) is 17.7 Å². The number of carbonyl (C=O) groups is 1. The SMILES string of the molecule is COC.[B]c1ccc(C(=O)N2CCc3c(c(=O)oc4c(C)c(N5CCN(C)CC5)cc(C)c34)C2)c(C)c1OC1CCC1. The monoisotopic (exact) mass is 571 g/mol. The van der Waals surface area contributed by atoms with Crippen molar-refractivity contribution in [3.63, 3.8) is 0 Å². The molecule has 2 aromatic carbocycles. The molecule has 1 aliphatic carbocycles. The number of ether oxygens (including phenoxy) is 2. The van der Waals surface area contributed by atoms with Crippen molar-refractivity contribution < 1.29 is 18.7 Å². The fourth-order valence-corrected chi connectivity index (χ4v) is 6.23. The molecule has 3 aliphatic rings. The third-order valence-corrected chi connectivity index (χ3v) is 8.92. The summed E-state index contributed by atoms with van der Waals surface area (Å²) in [4.78, 5) is 33.5. The zero-order valence-corrected chi connectivity index (χ0v) is 25.8. The number of benzene rings is 2. The number of hydrogen-bond donors (Lipinski definition) is 0. The molecule has 42 heavy (non-hydrogen) atoms. The highest BCUT2D eigenvalue weighted by Crippen LogP contribution is 2.36. The summed E-state index contributed by atoms with van der Waals surface area (Å²) in [5.74, 6) is 0.491. The van der Waals surface area contributed by atoms with E-state index >= 15 is 0 Å². The van der Waals surface area contributed by atoms with Crippen LogP contribution in [0.2, 0.25) is 0 Å². The highest BCUT2D eigenvalue weighted by Gasteiger charge is 2.30. The Balaban J connectivity index is 0.00000113. The molecule has 1 aromatic heterocycles. The van der Waals surface area contributed by atoms with E-state index in [1.165, 1.54) is 0 Å². The van der Waals surface area contributed by atoms with Crippen molar-refractivity contribution in [3.05, 3.63) is 62.0 Å². The Kier molecular flexibility index (Phi) is 8.99. The Labute approximate surface area is 250 Å². The van der Waals surface area contributed by atoms with Gasteiger partial charge in [-0.3, -0.25) is 4.79 Å². The molecule has 0 spiro atoms. The summed E-state index contributed by atoms with van der Waals surface area (Å²) in [5, 5.41) is 1.02. The molecule has 9 heteroatoms. The second-order valence-corrected chi connectivity index (χ2v) is 11.9. The summed E-state index contributed by atoms with van der Waals surface area (Å²) in [7, 11) is 11.6. The van der Waals surface area contributed by atoms with Crippen LogP contribution in [0.3, 0.4) is 0 Å². The smallest absolute Gasteiger partial charge is 0.341 e. The maximum atomic E-state index is 13.7. The van der Waals surface area contributed by atoms with Crippen LogP contribution in [0, 0.1) is 20.8 Å². The zero-order chi connectivity index (χ0) is 30.1. The van der Waals surface area contributed by atoms with Gasteiger partial charge in [0, 0.05) is 74.7 Å². The Hall–Kier alpha value is -3.30. The van der Waals surface area contributed by atoms with E-state index < -0.39 is 0 Å². The number of piperazine rings is 1. The number of hydrogen-bond acceptors (Lipinski definition) is 7. The molecular formula is C33H42BN3O5. The number of rotatable bonds is 4. The second-order valence-electron chi connectivity index (χ2n) is 11.9. The topological polar surface area (TPSA) is 75.5 Å². The molecular weight excluding hydrogens is 529 g/mol. The average molecular weight is 572 g/mol. The normalized spacial score (nSPS) is 17.4. The Morgan fingerprint density at radius 3 is 2.33 bits per heavy atom. The number of methoxy groups -OCH3 is 1. The highest BCUT2D eigenvalue weighted by molar-refractivity contribution is 6.34. The maximum Gasteiger partial charge on any atom is 0.341 e. The number of nitrogens with zero attached hydrogens (tertiary/aromatic N) is 3. The Morgan fingerprint density at radius 2 is 1.69 bits per heavy atom. The van der Waals surface area contributed by atoms with Crippen LogP contribution in [0.25, 0.3) is 11.0 Å². The van der Waals surface area contributed by atoms with Crippen molar-refractivity contribution >= 4 is 35.9 Å². The minimum absolute atomic E-state index is 0.116. The van der Waals surface area contributed by atoms with Gasteiger partial charge in [-0.1, -0.05) is 11.5 Å². The summed E-state index contributed by atoms with van der Waals surface area (Å²) >= 11 is 0. The van der Waals surface area contributed by atoms with E-state index in [-0.39, 0.29) is 24.2 Å². The molecule has 8 nitrogen and oxygen atoms in total. The van der Waals surface area contributed by atoms with Crippen molar-refractivity contribution in [1.82, 2.24) is 9.80 Å². The van der Waals surface area contributed by atoms with E-state index in [1.54, 1.807) is 31.3 Å². The standard InChI is InChI=1S/C31H36BN3O4.C2H6O/c1-18-16-26(34-14-12-33(4)13-15-34)20(3)29-27(18)23-10-11-35(17-24(23)31(37)39-29)30(36)22-8-9-25(32)28(19(22)2)38-21-6-5-7-21;1-3-2/h8-9,16,21H,5-7,10-15,17H2,1-4H3;1-2H3. The van der Waals surface area contributed by atoms with E-state index in [2.05, 4.69) is 41.5 Å². The van der Waals surface area contributed by atoms with E-state index in [0.29, 0.717) is 40.9 Å². The quantitative estimate of drug-likeness (QED) is 0.350. The van der Waals surface area contributed by atoms with Crippen LogP contribution in [0.5, 0.6) is 5.75 Å². The summed E-state index contributed by atoms with van der Waals surface area (Å²) < 4.78 is 16.4. The molecule has 2 fully saturated rings. The predicted octanol–water partition coefficient (Wildman–Crippen LogP) is 3.66. The first-order valence-electron chi connectivity index (χ1n) is 14.9. The summed E-state index contributed by atoms with van der Waals surface area (Å²) in [6.07, 6.45) is 3.96. The van der Waals surface area contributed by atoms with Gasteiger partial charge >= 0.3 is 5.63 Å². The number of fused-ring (bicyclic) bond motifs is 3. The predicted molar refractivity (Wildman–Crippen MR) is 168 cm³/mol. The number of aryl methyl sites for hydroxylation is 2. The number of anilines is 1. The first-order chi connectivity index (χ1) is 20.1. The van der Waals surface area contributed by atoms with Gasteiger partial charge < -0.3 is 28.6 Å². The van der Waals surface area contributed by atoms with Crippen molar-refractivity contribution in [1.29, 1.82) is 0 Å². The van der Waals surface area contributed by atoms with Crippen molar-refractivity contribution in [2.24, 2.45) is 0 Å². The molecule has 1 saturated carbocycles. The number of likely N-dealkylation sites (N-methyl/N-ethyl adjacent to an activating group) is 1. The van der Waals surface area contributed by atoms with Gasteiger partial charge in [0.1, 0.15) is 19.2 Å². The van der Waals surface area contributed by atoms with Crippen LogP contribution in [0.4, 0.5) is 5.69 Å². The summed E-state index contributed by atoms with van der Waals surface area (Å²) in [6.45, 7) is 10.7. The molecule has 2 aliphatic heterocycles. The first-order valence-corrected chi connectivity index (χ1v) is 14.9. The van der Waals surface area contributed by atoms with Gasteiger partial charge in [-0.05, 0) is 76.8 Å². The Bertz CT molecular complexity index is 1540. The van der Waals surface area contributed by atoms with Crippen LogP contribution in [0.1, 0.15) is 57.4 Å². The zero-order valence-electron chi connectivity index (χ0n) is 25.8. The first kappa shape index (κ1) is 30.2. The van der Waals surface area contributed by atoms with E-state index in [4.69, 9.17) is 17.0 Å². The largest absolute Gasteiger partial charge is 0.491 e. The molecule has 6 rings (SSSR count). The molecule has 222 valence electrons. The molecule has 0 unspecified atom stereocenters. The van der Waals surface area contributed by atoms with Crippen molar-refractivity contribution in [3.8, 4) is 5.75 Å². The van der Waals surface area contributed by atoms with Crippen LogP contribution < -0.4 is 20.7 Å². The third-order valence-electron chi connectivity index (χ3n) is 8.92. The lowest BCUT2D eigenvalue weighted by Crippen LogP contribution is -2.44. The lowest BCUT2D eigenvalue weighted by molar-refractivity contribution is 0.0730. The highest BCUT2D eigenvalue weighted by atomic mass is 16.5. The van der Waals surface area contributed by atoms with Crippen LogP contribution in [-0.4, -0.2) is 83.6 Å². The number of amides is 1. The molecule has 2 radical (unpaired) electrons. The van der Waals surface area contributed by atoms with Crippen molar-refractivity contribution in [2.45, 2.75) is 59.1 Å². The van der Waals surface area contributed by atoms with Gasteiger partial charge in [0.25, 0.3) is 5.91 Å². The second kappa shape index (κ2) is 12.5. The van der Waals surface area contributed by atoms with E-state index in [1.807, 2.05) is 6.92 Å².